The van der Waals surface area contributed by atoms with Crippen LogP contribution in [-0.2, 0) is 0 Å². The first-order chi connectivity index (χ1) is 7.17. The van der Waals surface area contributed by atoms with Crippen molar-refractivity contribution in [3.63, 3.8) is 0 Å². The van der Waals surface area contributed by atoms with Crippen molar-refractivity contribution in [1.82, 2.24) is 4.90 Å². The van der Waals surface area contributed by atoms with Gasteiger partial charge < -0.3 is 4.74 Å². The van der Waals surface area contributed by atoms with Crippen LogP contribution in [0.15, 0.2) is 24.3 Å². The number of nitrogens with zero attached hydrogens (tertiary/aromatic N) is 1. The van der Waals surface area contributed by atoms with E-state index < -0.39 is 0 Å². The molecular formula is C12H17NO2. The molecular weight excluding hydrogens is 190 g/mol. The van der Waals surface area contributed by atoms with E-state index in [0.717, 1.165) is 12.3 Å². The minimum atomic E-state index is 0.123. The molecule has 1 aromatic rings. The maximum Gasteiger partial charge on any atom is 0.176 e. The second-order valence-corrected chi connectivity index (χ2v) is 3.49. The Morgan fingerprint density at radius 2 is 2.20 bits per heavy atom. The molecule has 3 heteroatoms. The van der Waals surface area contributed by atoms with Gasteiger partial charge in [0.15, 0.2) is 5.78 Å². The van der Waals surface area contributed by atoms with Crippen LogP contribution in [0.1, 0.15) is 17.3 Å². The van der Waals surface area contributed by atoms with Crippen molar-refractivity contribution in [3.05, 3.63) is 29.8 Å². The Kier molecular flexibility index (Phi) is 4.31. The van der Waals surface area contributed by atoms with Crippen LogP contribution in [0, 0.1) is 0 Å². The Labute approximate surface area is 90.7 Å². The van der Waals surface area contributed by atoms with Gasteiger partial charge in [-0.1, -0.05) is 19.1 Å². The second kappa shape index (κ2) is 5.51. The van der Waals surface area contributed by atoms with Gasteiger partial charge in [0, 0.05) is 5.56 Å². The zero-order valence-corrected chi connectivity index (χ0v) is 9.49. The zero-order chi connectivity index (χ0) is 11.3. The molecule has 0 fully saturated rings. The second-order valence-electron chi connectivity index (χ2n) is 3.49. The number of ketones is 1. The largest absolute Gasteiger partial charge is 0.497 e. The molecule has 0 radical (unpaired) electrons. The molecule has 15 heavy (non-hydrogen) atoms. The Morgan fingerprint density at radius 1 is 1.47 bits per heavy atom. The Morgan fingerprint density at radius 3 is 2.80 bits per heavy atom. The zero-order valence-electron chi connectivity index (χ0n) is 9.49. The molecule has 0 aliphatic carbocycles. The van der Waals surface area contributed by atoms with Gasteiger partial charge in [-0.05, 0) is 25.7 Å². The van der Waals surface area contributed by atoms with Gasteiger partial charge in [-0.25, -0.2) is 0 Å². The highest BCUT2D eigenvalue weighted by atomic mass is 16.5. The number of hydrogen-bond donors (Lipinski definition) is 0. The fraction of sp³-hybridized carbons (Fsp3) is 0.417. The number of rotatable bonds is 5. The van der Waals surface area contributed by atoms with Crippen LogP contribution in [0.3, 0.4) is 0 Å². The van der Waals surface area contributed by atoms with Crippen molar-refractivity contribution in [1.29, 1.82) is 0 Å². The molecule has 0 aliphatic heterocycles. The van der Waals surface area contributed by atoms with Crippen LogP contribution in [0.25, 0.3) is 0 Å². The summed E-state index contributed by atoms with van der Waals surface area (Å²) < 4.78 is 5.07. The first-order valence-electron chi connectivity index (χ1n) is 5.03. The lowest BCUT2D eigenvalue weighted by Gasteiger charge is -2.12. The molecule has 0 atom stereocenters. The maximum atomic E-state index is 11.8. The fourth-order valence-electron chi connectivity index (χ4n) is 1.24. The molecule has 82 valence electrons. The van der Waals surface area contributed by atoms with Crippen molar-refractivity contribution in [2.24, 2.45) is 0 Å². The molecule has 0 unspecified atom stereocenters. The predicted molar refractivity (Wildman–Crippen MR) is 60.5 cm³/mol. The van der Waals surface area contributed by atoms with E-state index in [9.17, 15) is 4.79 Å². The molecule has 0 amide bonds. The van der Waals surface area contributed by atoms with E-state index in [0.29, 0.717) is 12.1 Å². The monoisotopic (exact) mass is 207 g/mol. The lowest BCUT2D eigenvalue weighted by Crippen LogP contribution is -2.25. The molecule has 0 N–H and O–H groups in total. The van der Waals surface area contributed by atoms with Crippen LogP contribution in [0.4, 0.5) is 0 Å². The normalized spacial score (nSPS) is 10.4. The number of ether oxygens (including phenoxy) is 1. The van der Waals surface area contributed by atoms with Crippen LogP contribution in [0.2, 0.25) is 0 Å². The minimum absolute atomic E-state index is 0.123. The summed E-state index contributed by atoms with van der Waals surface area (Å²) in [5, 5.41) is 0. The van der Waals surface area contributed by atoms with E-state index in [2.05, 4.69) is 0 Å². The van der Waals surface area contributed by atoms with Gasteiger partial charge in [-0.2, -0.15) is 0 Å². The highest BCUT2D eigenvalue weighted by Gasteiger charge is 2.08. The van der Waals surface area contributed by atoms with Crippen molar-refractivity contribution in [2.45, 2.75) is 6.92 Å². The highest BCUT2D eigenvalue weighted by Crippen LogP contribution is 2.13. The molecule has 0 aromatic heterocycles. The molecule has 0 saturated carbocycles. The minimum Gasteiger partial charge on any atom is -0.497 e. The molecule has 1 aromatic carbocycles. The van der Waals surface area contributed by atoms with Gasteiger partial charge in [0.2, 0.25) is 0 Å². The van der Waals surface area contributed by atoms with Gasteiger partial charge in [0.1, 0.15) is 5.75 Å². The Bertz CT molecular complexity index is 336. The van der Waals surface area contributed by atoms with E-state index in [1.807, 2.05) is 37.1 Å². The number of Topliss-reactive ketones (excluding diaryl/α,β-unsaturated/α-hetero) is 1. The van der Waals surface area contributed by atoms with Crippen LogP contribution < -0.4 is 4.74 Å². The molecule has 3 nitrogen and oxygen atoms in total. The maximum absolute atomic E-state index is 11.8. The van der Waals surface area contributed by atoms with Crippen molar-refractivity contribution in [2.75, 3.05) is 27.2 Å². The standard InChI is InChI=1S/C12H17NO2/c1-4-13(2)9-12(14)10-6-5-7-11(8-10)15-3/h5-8H,4,9H2,1-3H3. The number of methoxy groups -OCH3 is 1. The van der Waals surface area contributed by atoms with Crippen LogP contribution >= 0.6 is 0 Å². The third-order valence-corrected chi connectivity index (χ3v) is 2.35. The van der Waals surface area contributed by atoms with E-state index in [-0.39, 0.29) is 5.78 Å². The van der Waals surface area contributed by atoms with Crippen LogP contribution in [0.5, 0.6) is 5.75 Å². The topological polar surface area (TPSA) is 29.5 Å². The van der Waals surface area contributed by atoms with E-state index in [1.165, 1.54) is 0 Å². The molecule has 0 aliphatic rings. The quantitative estimate of drug-likeness (QED) is 0.690. The number of carbonyl (C=O) groups is 1. The summed E-state index contributed by atoms with van der Waals surface area (Å²) in [5.41, 5.74) is 0.703. The van der Waals surface area contributed by atoms with Gasteiger partial charge in [-0.3, -0.25) is 9.69 Å². The fourth-order valence-corrected chi connectivity index (χ4v) is 1.24. The van der Waals surface area contributed by atoms with Gasteiger partial charge in [0.25, 0.3) is 0 Å². The first kappa shape index (κ1) is 11.7. The van der Waals surface area contributed by atoms with E-state index in [4.69, 9.17) is 4.74 Å². The highest BCUT2D eigenvalue weighted by molar-refractivity contribution is 5.97. The summed E-state index contributed by atoms with van der Waals surface area (Å²) in [7, 11) is 3.53. The van der Waals surface area contributed by atoms with Crippen LogP contribution in [-0.4, -0.2) is 37.9 Å². The molecule has 0 heterocycles. The average Bonchev–Trinajstić information content (AvgIpc) is 2.28. The SMILES string of the molecule is CCN(C)CC(=O)c1cccc(OC)c1. The molecule has 0 saturated heterocycles. The van der Waals surface area contributed by atoms with Gasteiger partial charge >= 0.3 is 0 Å². The van der Waals surface area contributed by atoms with Gasteiger partial charge in [0.05, 0.1) is 13.7 Å². The van der Waals surface area contributed by atoms with E-state index >= 15 is 0 Å². The average molecular weight is 207 g/mol. The van der Waals surface area contributed by atoms with Crippen molar-refractivity contribution < 1.29 is 9.53 Å². The molecule has 0 spiro atoms. The summed E-state index contributed by atoms with van der Waals surface area (Å²) >= 11 is 0. The van der Waals surface area contributed by atoms with E-state index in [1.54, 1.807) is 13.2 Å². The summed E-state index contributed by atoms with van der Waals surface area (Å²) in [6.45, 7) is 3.35. The third-order valence-electron chi connectivity index (χ3n) is 2.35. The lowest BCUT2D eigenvalue weighted by atomic mass is 10.1. The summed E-state index contributed by atoms with van der Waals surface area (Å²) in [4.78, 5) is 13.8. The Balaban J connectivity index is 2.73. The number of hydrogen-bond acceptors (Lipinski definition) is 3. The summed E-state index contributed by atoms with van der Waals surface area (Å²) in [6, 6.07) is 7.25. The Hall–Kier alpha value is -1.35. The number of likely N-dealkylation sites (N-methyl/N-ethyl adjacent to an activating group) is 1. The first-order valence-corrected chi connectivity index (χ1v) is 5.03. The predicted octanol–water partition coefficient (Wildman–Crippen LogP) is 1.83. The lowest BCUT2D eigenvalue weighted by molar-refractivity contribution is 0.0948. The third kappa shape index (κ3) is 3.36. The smallest absolute Gasteiger partial charge is 0.176 e. The van der Waals surface area contributed by atoms with Crippen molar-refractivity contribution >= 4 is 5.78 Å². The van der Waals surface area contributed by atoms with Gasteiger partial charge in [-0.15, -0.1) is 0 Å². The summed E-state index contributed by atoms with van der Waals surface area (Å²) in [5.74, 6) is 0.846. The molecule has 0 bridgehead atoms. The number of benzene rings is 1. The van der Waals surface area contributed by atoms with Crippen molar-refractivity contribution in [3.8, 4) is 5.75 Å². The number of carbonyl (C=O) groups excluding carboxylic acids is 1. The summed E-state index contributed by atoms with van der Waals surface area (Å²) in [6.07, 6.45) is 0. The molecule has 1 rings (SSSR count).